The maximum absolute atomic E-state index is 15.6. The molecule has 7 rings (SSSR count). The highest BCUT2D eigenvalue weighted by Crippen LogP contribution is 2.48. The number of alkyl halides is 1. The van der Waals surface area contributed by atoms with E-state index in [9.17, 15) is 15.2 Å². The summed E-state index contributed by atoms with van der Waals surface area (Å²) in [4.78, 5) is 26.0. The summed E-state index contributed by atoms with van der Waals surface area (Å²) in [5, 5.41) is 25.1. The van der Waals surface area contributed by atoms with Crippen LogP contribution >= 0.6 is 0 Å². The number of fused-ring (bicyclic) bond motifs is 2. The van der Waals surface area contributed by atoms with Crippen LogP contribution in [0.25, 0.3) is 10.8 Å². The first-order valence-electron chi connectivity index (χ1n) is 18.8. The zero-order chi connectivity index (χ0) is 38.9. The molecule has 5 heterocycles. The van der Waals surface area contributed by atoms with Crippen LogP contribution in [-0.2, 0) is 9.53 Å². The molecule has 4 atom stereocenters. The van der Waals surface area contributed by atoms with E-state index in [0.29, 0.717) is 61.3 Å². The lowest BCUT2D eigenvalue weighted by molar-refractivity contribution is -0.117. The van der Waals surface area contributed by atoms with Crippen LogP contribution in [0.15, 0.2) is 36.9 Å². The smallest absolute Gasteiger partial charge is 0.322 e. The van der Waals surface area contributed by atoms with Gasteiger partial charge in [-0.05, 0) is 75.6 Å². The summed E-state index contributed by atoms with van der Waals surface area (Å²) < 4.78 is 55.6. The number of terminal acetylenes is 1. The molecule has 0 bridgehead atoms. The molecule has 4 aliphatic heterocycles. The van der Waals surface area contributed by atoms with Gasteiger partial charge >= 0.3 is 6.01 Å². The van der Waals surface area contributed by atoms with E-state index in [4.69, 9.17) is 30.4 Å². The summed E-state index contributed by atoms with van der Waals surface area (Å²) in [5.74, 6) is 2.14. The summed E-state index contributed by atoms with van der Waals surface area (Å²) in [6.45, 7) is 9.29. The molecule has 0 saturated carbocycles. The summed E-state index contributed by atoms with van der Waals surface area (Å²) in [5.41, 5.74) is -1.63. The number of phenols is 1. The van der Waals surface area contributed by atoms with Crippen molar-refractivity contribution in [3.8, 4) is 41.8 Å². The van der Waals surface area contributed by atoms with Crippen LogP contribution in [0.1, 0.15) is 69.6 Å². The number of nitriles is 1. The van der Waals surface area contributed by atoms with Crippen molar-refractivity contribution >= 4 is 22.5 Å². The normalized spacial score (nSPS) is 24.8. The number of phenolic OH excluding ortho intramolecular Hbond substituents is 1. The third kappa shape index (κ3) is 7.33. The van der Waals surface area contributed by atoms with Crippen LogP contribution in [0, 0.1) is 34.9 Å². The Hall–Kier alpha value is -5.18. The zero-order valence-corrected chi connectivity index (χ0v) is 31.2. The lowest BCUT2D eigenvalue weighted by Crippen LogP contribution is -2.61. The maximum atomic E-state index is 15.6. The lowest BCUT2D eigenvalue weighted by atomic mass is 9.71. The first-order valence-corrected chi connectivity index (χ1v) is 18.8. The molecule has 3 fully saturated rings. The van der Waals surface area contributed by atoms with Crippen molar-refractivity contribution in [1.82, 2.24) is 20.2 Å². The number of aromatic nitrogens is 2. The number of benzene rings is 2. The monoisotopic (exact) mass is 756 g/mol. The predicted molar refractivity (Wildman–Crippen MR) is 200 cm³/mol. The van der Waals surface area contributed by atoms with Gasteiger partial charge < -0.3 is 34.3 Å². The SMILES string of the molecule is C#Cc1c(F)ccc2cc(O)cc(C3COc4c(nc(OC[C@]5(C(C)(C)C#N)C[C@@H](F)CN5C5CCOCC5)nc4N4CCCCC(NC(=O)C=C)C4)O3)c12. The second-order valence-corrected chi connectivity index (χ2v) is 15.3. The predicted octanol–water partition coefficient (Wildman–Crippen LogP) is 5.52. The van der Waals surface area contributed by atoms with Crippen molar-refractivity contribution in [3.63, 3.8) is 0 Å². The minimum atomic E-state index is -1.17. The Balaban J connectivity index is 1.29. The molecule has 0 aliphatic carbocycles. The average Bonchev–Trinajstić information content (AvgIpc) is 3.38. The molecular formula is C41H46F2N6O6. The molecule has 55 heavy (non-hydrogen) atoms. The van der Waals surface area contributed by atoms with E-state index in [1.165, 1.54) is 30.3 Å². The number of nitrogens with zero attached hydrogens (tertiary/aromatic N) is 5. The second-order valence-electron chi connectivity index (χ2n) is 15.3. The second kappa shape index (κ2) is 15.5. The van der Waals surface area contributed by atoms with Gasteiger partial charge in [0, 0.05) is 62.3 Å². The van der Waals surface area contributed by atoms with E-state index in [-0.39, 0.29) is 73.1 Å². The highest BCUT2D eigenvalue weighted by molar-refractivity contribution is 5.93. The Bertz CT molecular complexity index is 2040. The molecule has 4 aliphatic rings. The van der Waals surface area contributed by atoms with E-state index in [1.807, 2.05) is 18.7 Å². The van der Waals surface area contributed by atoms with Gasteiger partial charge in [-0.15, -0.1) is 6.42 Å². The van der Waals surface area contributed by atoms with E-state index >= 15 is 8.78 Å². The van der Waals surface area contributed by atoms with Crippen LogP contribution in [0.5, 0.6) is 23.4 Å². The molecule has 2 aromatic carbocycles. The number of carbonyl (C=O) groups excluding carboxylic acids is 1. The summed E-state index contributed by atoms with van der Waals surface area (Å²) in [6, 6.07) is 7.89. The average molecular weight is 757 g/mol. The van der Waals surface area contributed by atoms with E-state index in [1.54, 1.807) is 0 Å². The van der Waals surface area contributed by atoms with Gasteiger partial charge in [0.2, 0.25) is 11.7 Å². The largest absolute Gasteiger partial charge is 0.508 e. The first kappa shape index (κ1) is 38.1. The Morgan fingerprint density at radius 2 is 2.04 bits per heavy atom. The number of anilines is 1. The van der Waals surface area contributed by atoms with Gasteiger partial charge in [-0.3, -0.25) is 9.69 Å². The van der Waals surface area contributed by atoms with Crippen LogP contribution < -0.4 is 24.4 Å². The number of ether oxygens (including phenoxy) is 4. The molecule has 290 valence electrons. The molecule has 1 aromatic heterocycles. The number of nitrogens with one attached hydrogen (secondary N) is 1. The molecule has 2 N–H and O–H groups in total. The third-order valence-electron chi connectivity index (χ3n) is 11.5. The number of likely N-dealkylation sites (tertiary alicyclic amines) is 1. The molecule has 1 amide bonds. The highest BCUT2D eigenvalue weighted by Gasteiger charge is 2.58. The van der Waals surface area contributed by atoms with Gasteiger partial charge in [-0.1, -0.05) is 18.6 Å². The van der Waals surface area contributed by atoms with Crippen molar-refractivity contribution in [2.24, 2.45) is 5.41 Å². The summed E-state index contributed by atoms with van der Waals surface area (Å²) in [6.07, 6.45) is 8.82. The van der Waals surface area contributed by atoms with Crippen LogP contribution in [-0.4, -0.2) is 95.7 Å². The first-order chi connectivity index (χ1) is 26.5. The van der Waals surface area contributed by atoms with Crippen molar-refractivity contribution in [2.45, 2.75) is 82.3 Å². The third-order valence-corrected chi connectivity index (χ3v) is 11.5. The Morgan fingerprint density at radius 3 is 2.78 bits per heavy atom. The standard InChI is InChI=1S/C41H46F2N6O6/c1-5-30-32(43)11-10-25-17-29(50)18-31(35(25)30)33-22-53-36-37(48-14-8-7-9-27(21-48)45-34(51)6-2)46-39(47-38(36)55-33)54-24-41(40(3,4)23-44)19-26(42)20-49(41)28-12-15-52-16-13-28/h1,6,10-11,17-18,26-28,33,50H,2,7-9,12-16,19-22,24H2,3-4H3,(H,45,51)/t26-,27?,33?,41+/m1/s1. The molecule has 3 saturated heterocycles. The van der Waals surface area contributed by atoms with Crippen molar-refractivity contribution < 1.29 is 37.6 Å². The van der Waals surface area contributed by atoms with Crippen molar-refractivity contribution in [2.75, 3.05) is 51.0 Å². The topological polar surface area (TPSA) is 142 Å². The number of amides is 1. The fourth-order valence-electron chi connectivity index (χ4n) is 8.59. The van der Waals surface area contributed by atoms with Gasteiger partial charge in [0.05, 0.1) is 22.6 Å². The number of carbonyl (C=O) groups is 1. The molecule has 3 aromatic rings. The number of rotatable bonds is 9. The van der Waals surface area contributed by atoms with Crippen LogP contribution in [0.3, 0.4) is 0 Å². The van der Waals surface area contributed by atoms with E-state index in [2.05, 4.69) is 33.8 Å². The van der Waals surface area contributed by atoms with Crippen LogP contribution in [0.2, 0.25) is 0 Å². The molecule has 12 nitrogen and oxygen atoms in total. The molecule has 0 radical (unpaired) electrons. The maximum Gasteiger partial charge on any atom is 0.322 e. The Labute approximate surface area is 319 Å². The fourth-order valence-corrected chi connectivity index (χ4v) is 8.59. The Kier molecular flexibility index (Phi) is 10.8. The Morgan fingerprint density at radius 1 is 1.24 bits per heavy atom. The summed E-state index contributed by atoms with van der Waals surface area (Å²) in [7, 11) is 0. The number of hydrogen-bond acceptors (Lipinski definition) is 11. The minimum Gasteiger partial charge on any atom is -0.508 e. The molecule has 0 spiro atoms. The highest BCUT2D eigenvalue weighted by atomic mass is 19.1. The molecule has 2 unspecified atom stereocenters. The minimum absolute atomic E-state index is 0.00196. The molecular weight excluding hydrogens is 710 g/mol. The van der Waals surface area contributed by atoms with Crippen molar-refractivity contribution in [1.29, 1.82) is 5.26 Å². The van der Waals surface area contributed by atoms with Gasteiger partial charge in [0.15, 0.2) is 11.9 Å². The van der Waals surface area contributed by atoms with E-state index < -0.39 is 29.0 Å². The van der Waals surface area contributed by atoms with Crippen molar-refractivity contribution in [3.05, 3.63) is 53.9 Å². The number of halogens is 2. The molecule has 14 heteroatoms. The number of aromatic hydroxyl groups is 1. The quantitative estimate of drug-likeness (QED) is 0.211. The van der Waals surface area contributed by atoms with Gasteiger partial charge in [0.25, 0.3) is 5.88 Å². The van der Waals surface area contributed by atoms with Gasteiger partial charge in [0.1, 0.15) is 31.0 Å². The number of hydrogen-bond donors (Lipinski definition) is 2. The van der Waals surface area contributed by atoms with Gasteiger partial charge in [-0.25, -0.2) is 8.78 Å². The zero-order valence-electron chi connectivity index (χ0n) is 31.2. The van der Waals surface area contributed by atoms with E-state index in [0.717, 1.165) is 19.3 Å². The fraction of sp³-hybridized carbons (Fsp3) is 0.512. The van der Waals surface area contributed by atoms with Gasteiger partial charge in [-0.2, -0.15) is 15.2 Å². The lowest BCUT2D eigenvalue weighted by Gasteiger charge is -2.49. The van der Waals surface area contributed by atoms with Crippen LogP contribution in [0.4, 0.5) is 14.6 Å². The summed E-state index contributed by atoms with van der Waals surface area (Å²) >= 11 is 0.